The molecule has 0 spiro atoms. The monoisotopic (exact) mass is 293 g/mol. The van der Waals surface area contributed by atoms with E-state index in [2.05, 4.69) is 18.7 Å². The summed E-state index contributed by atoms with van der Waals surface area (Å²) < 4.78 is 0. The summed E-state index contributed by atoms with van der Waals surface area (Å²) in [5.74, 6) is 0.0677. The van der Waals surface area contributed by atoms with Crippen LogP contribution in [0.2, 0.25) is 0 Å². The summed E-state index contributed by atoms with van der Waals surface area (Å²) >= 11 is 0. The van der Waals surface area contributed by atoms with E-state index in [9.17, 15) is 4.79 Å². The molecule has 2 rings (SSSR count). The smallest absolute Gasteiger partial charge is 0.195 e. The Labute approximate surface area is 133 Å². The lowest BCUT2D eigenvalue weighted by molar-refractivity contribution is 0.105. The molecule has 0 radical (unpaired) electrons. The summed E-state index contributed by atoms with van der Waals surface area (Å²) in [5, 5.41) is 0. The summed E-state index contributed by atoms with van der Waals surface area (Å²) in [6, 6.07) is 17.6. The molecule has 2 heteroatoms. The van der Waals surface area contributed by atoms with Gasteiger partial charge in [0, 0.05) is 30.4 Å². The van der Waals surface area contributed by atoms with E-state index >= 15 is 0 Å². The fraction of sp³-hybridized carbons (Fsp3) is 0.250. The molecule has 0 aliphatic carbocycles. The molecule has 0 aliphatic heterocycles. The fourth-order valence-electron chi connectivity index (χ4n) is 2.33. The second kappa shape index (κ2) is 7.60. The Bertz CT molecular complexity index is 637. The number of hydrogen-bond donors (Lipinski definition) is 0. The van der Waals surface area contributed by atoms with E-state index in [-0.39, 0.29) is 5.78 Å². The molecule has 0 amide bonds. The van der Waals surface area contributed by atoms with E-state index in [4.69, 9.17) is 0 Å². The first-order chi connectivity index (χ1) is 10.7. The molecule has 2 nitrogen and oxygen atoms in total. The highest BCUT2D eigenvalue weighted by Crippen LogP contribution is 2.21. The van der Waals surface area contributed by atoms with Crippen LogP contribution in [0.4, 0.5) is 0 Å². The third kappa shape index (κ3) is 3.85. The highest BCUT2D eigenvalue weighted by Gasteiger charge is 2.15. The van der Waals surface area contributed by atoms with Crippen LogP contribution >= 0.6 is 0 Å². The molecule has 0 aliphatic rings. The third-order valence-electron chi connectivity index (χ3n) is 3.77. The number of allylic oxidation sites excluding steroid dienone is 1. The minimum atomic E-state index is 0.0677. The number of hydrogen-bond acceptors (Lipinski definition) is 2. The van der Waals surface area contributed by atoms with Gasteiger partial charge in [-0.2, -0.15) is 0 Å². The minimum absolute atomic E-state index is 0.0677. The third-order valence-corrected chi connectivity index (χ3v) is 3.77. The van der Waals surface area contributed by atoms with Crippen molar-refractivity contribution in [1.82, 2.24) is 4.90 Å². The Morgan fingerprint density at radius 3 is 2.05 bits per heavy atom. The topological polar surface area (TPSA) is 20.3 Å². The zero-order valence-electron chi connectivity index (χ0n) is 13.5. The normalized spacial score (nSPS) is 11.3. The Hall–Kier alpha value is -2.35. The molecule has 0 heterocycles. The Balaban J connectivity index is 2.44. The number of nitrogens with zero attached hydrogens (tertiary/aromatic N) is 1. The maximum Gasteiger partial charge on any atom is 0.195 e. The molecule has 0 atom stereocenters. The first-order valence-corrected chi connectivity index (χ1v) is 7.78. The van der Waals surface area contributed by atoms with Crippen LogP contribution in [-0.2, 0) is 0 Å². The highest BCUT2D eigenvalue weighted by molar-refractivity contribution is 6.28. The molecule has 2 aromatic carbocycles. The molecule has 22 heavy (non-hydrogen) atoms. The number of Topliss-reactive ketones (excluding diaryl/α,β-unsaturated/α-hetero) is 1. The van der Waals surface area contributed by atoms with Crippen LogP contribution in [0.3, 0.4) is 0 Å². The number of ketones is 1. The Morgan fingerprint density at radius 2 is 1.50 bits per heavy atom. The molecular weight excluding hydrogens is 270 g/mol. The maximum absolute atomic E-state index is 12.9. The van der Waals surface area contributed by atoms with Crippen molar-refractivity contribution in [3.8, 4) is 0 Å². The first kappa shape index (κ1) is 16.0. The zero-order chi connectivity index (χ0) is 15.9. The quantitative estimate of drug-likeness (QED) is 0.575. The fourth-order valence-corrected chi connectivity index (χ4v) is 2.33. The Morgan fingerprint density at radius 1 is 0.909 bits per heavy atom. The minimum Gasteiger partial charge on any atom is -0.377 e. The summed E-state index contributed by atoms with van der Waals surface area (Å²) in [5.41, 5.74) is 3.59. The average Bonchev–Trinajstić information content (AvgIpc) is 2.57. The van der Waals surface area contributed by atoms with Gasteiger partial charge >= 0.3 is 0 Å². The number of carbonyl (C=O) groups is 1. The van der Waals surface area contributed by atoms with Gasteiger partial charge in [-0.25, -0.2) is 0 Å². The lowest BCUT2D eigenvalue weighted by Crippen LogP contribution is -2.18. The predicted molar refractivity (Wildman–Crippen MR) is 92.8 cm³/mol. The van der Waals surface area contributed by atoms with Gasteiger partial charge < -0.3 is 4.90 Å². The van der Waals surface area contributed by atoms with Gasteiger partial charge in [-0.3, -0.25) is 4.79 Å². The predicted octanol–water partition coefficient (Wildman–Crippen LogP) is 4.56. The highest BCUT2D eigenvalue weighted by atomic mass is 16.1. The summed E-state index contributed by atoms with van der Waals surface area (Å²) in [6.07, 6.45) is 1.98. The molecule has 0 saturated heterocycles. The summed E-state index contributed by atoms with van der Waals surface area (Å²) in [7, 11) is 0. The van der Waals surface area contributed by atoms with Gasteiger partial charge in [-0.15, -0.1) is 0 Å². The van der Waals surface area contributed by atoms with Crippen molar-refractivity contribution in [3.05, 3.63) is 77.5 Å². The number of benzene rings is 2. The van der Waals surface area contributed by atoms with E-state index in [1.807, 2.05) is 67.7 Å². The second-order valence-corrected chi connectivity index (χ2v) is 5.33. The van der Waals surface area contributed by atoms with Crippen molar-refractivity contribution < 1.29 is 4.79 Å². The SMILES string of the molecule is CCN(C=C(C(=O)c1ccc(C)cc1)c1ccccc1)CC. The van der Waals surface area contributed by atoms with Crippen molar-refractivity contribution in [3.63, 3.8) is 0 Å². The average molecular weight is 293 g/mol. The van der Waals surface area contributed by atoms with E-state index in [0.717, 1.165) is 35.4 Å². The van der Waals surface area contributed by atoms with Gasteiger partial charge in [0.05, 0.1) is 0 Å². The number of carbonyl (C=O) groups excluding carboxylic acids is 1. The molecule has 0 N–H and O–H groups in total. The van der Waals surface area contributed by atoms with Crippen LogP contribution in [0.1, 0.15) is 35.3 Å². The van der Waals surface area contributed by atoms with Crippen LogP contribution in [0.15, 0.2) is 60.8 Å². The van der Waals surface area contributed by atoms with Crippen LogP contribution in [0, 0.1) is 6.92 Å². The van der Waals surface area contributed by atoms with Crippen LogP contribution in [0.5, 0.6) is 0 Å². The standard InChI is InChI=1S/C20H23NO/c1-4-21(5-2)15-19(17-9-7-6-8-10-17)20(22)18-13-11-16(3)12-14-18/h6-15H,4-5H2,1-3H3. The lowest BCUT2D eigenvalue weighted by Gasteiger charge is -2.18. The summed E-state index contributed by atoms with van der Waals surface area (Å²) in [6.45, 7) is 7.98. The van der Waals surface area contributed by atoms with Gasteiger partial charge in [-0.05, 0) is 26.3 Å². The maximum atomic E-state index is 12.9. The van der Waals surface area contributed by atoms with Gasteiger partial charge in [0.1, 0.15) is 0 Å². The molecule has 114 valence electrons. The molecule has 0 bridgehead atoms. The first-order valence-electron chi connectivity index (χ1n) is 7.78. The van der Waals surface area contributed by atoms with Gasteiger partial charge in [0.15, 0.2) is 5.78 Å². The molecule has 0 aromatic heterocycles. The number of rotatable bonds is 6. The number of aryl methyl sites for hydroxylation is 1. The molecule has 0 fully saturated rings. The van der Waals surface area contributed by atoms with Gasteiger partial charge in [0.25, 0.3) is 0 Å². The van der Waals surface area contributed by atoms with Crippen molar-refractivity contribution >= 4 is 11.4 Å². The van der Waals surface area contributed by atoms with Crippen LogP contribution in [0.25, 0.3) is 5.57 Å². The van der Waals surface area contributed by atoms with Crippen molar-refractivity contribution in [1.29, 1.82) is 0 Å². The van der Waals surface area contributed by atoms with Crippen LogP contribution < -0.4 is 0 Å². The zero-order valence-corrected chi connectivity index (χ0v) is 13.5. The van der Waals surface area contributed by atoms with Gasteiger partial charge in [0.2, 0.25) is 0 Å². The van der Waals surface area contributed by atoms with E-state index in [1.165, 1.54) is 0 Å². The lowest BCUT2D eigenvalue weighted by atomic mass is 9.97. The molecule has 0 unspecified atom stereocenters. The van der Waals surface area contributed by atoms with E-state index < -0.39 is 0 Å². The molecule has 0 saturated carbocycles. The van der Waals surface area contributed by atoms with Crippen molar-refractivity contribution in [2.75, 3.05) is 13.1 Å². The van der Waals surface area contributed by atoms with Crippen molar-refractivity contribution in [2.45, 2.75) is 20.8 Å². The largest absolute Gasteiger partial charge is 0.377 e. The molecule has 2 aromatic rings. The van der Waals surface area contributed by atoms with Gasteiger partial charge in [-0.1, -0.05) is 60.2 Å². The second-order valence-electron chi connectivity index (χ2n) is 5.33. The molecular formula is C20H23NO. The van der Waals surface area contributed by atoms with E-state index in [0.29, 0.717) is 0 Å². The van der Waals surface area contributed by atoms with Crippen LogP contribution in [-0.4, -0.2) is 23.8 Å². The van der Waals surface area contributed by atoms with E-state index in [1.54, 1.807) is 0 Å². The Kier molecular flexibility index (Phi) is 5.54. The summed E-state index contributed by atoms with van der Waals surface area (Å²) in [4.78, 5) is 15.1. The van der Waals surface area contributed by atoms with Crippen molar-refractivity contribution in [2.24, 2.45) is 0 Å².